The van der Waals surface area contributed by atoms with Crippen molar-refractivity contribution in [2.45, 2.75) is 70.6 Å². The summed E-state index contributed by atoms with van der Waals surface area (Å²) >= 11 is 0. The van der Waals surface area contributed by atoms with Crippen molar-refractivity contribution < 1.29 is 0 Å². The van der Waals surface area contributed by atoms with Crippen LogP contribution in [0, 0.1) is 0 Å². The zero-order valence-corrected chi connectivity index (χ0v) is 23.5. The van der Waals surface area contributed by atoms with Gasteiger partial charge in [0.15, 0.2) is 0 Å². The van der Waals surface area contributed by atoms with E-state index in [-0.39, 0.29) is 5.41 Å². The SMILES string of the molecule is CCCCc1ccc2c(c1)Cc1c-2ccc(CCCC)c1C(C1=CC=CC1)(c1ccccc1)c1ccccc1. The van der Waals surface area contributed by atoms with E-state index in [0.29, 0.717) is 0 Å². The highest BCUT2D eigenvalue weighted by molar-refractivity contribution is 5.81. The highest BCUT2D eigenvalue weighted by Crippen LogP contribution is 2.53. The molecule has 0 amide bonds. The fourth-order valence-electron chi connectivity index (χ4n) is 7.05. The van der Waals surface area contributed by atoms with Gasteiger partial charge in [0.1, 0.15) is 0 Å². The van der Waals surface area contributed by atoms with Gasteiger partial charge < -0.3 is 0 Å². The molecule has 0 saturated carbocycles. The van der Waals surface area contributed by atoms with E-state index in [2.05, 4.69) is 123 Å². The van der Waals surface area contributed by atoms with Crippen LogP contribution in [0.2, 0.25) is 0 Å². The van der Waals surface area contributed by atoms with Gasteiger partial charge in [-0.2, -0.15) is 0 Å². The summed E-state index contributed by atoms with van der Waals surface area (Å²) in [6, 6.07) is 34.8. The number of hydrogen-bond donors (Lipinski definition) is 0. The molecule has 4 aromatic carbocycles. The third kappa shape index (κ3) is 4.51. The first kappa shape index (κ1) is 25.6. The predicted molar refractivity (Wildman–Crippen MR) is 167 cm³/mol. The summed E-state index contributed by atoms with van der Waals surface area (Å²) in [6.07, 6.45) is 16.2. The standard InChI is InChI=1S/C39H40/c1-3-5-15-29-23-25-35-31(27-29)28-37-36(35)26-24-30(16-6-4-2)38(37)39(34-21-13-14-22-34,32-17-9-7-10-18-32)33-19-11-8-12-20-33/h7-14,17-21,23-27H,3-6,15-16,22,28H2,1-2H3. The summed E-state index contributed by atoms with van der Waals surface area (Å²) < 4.78 is 0. The van der Waals surface area contributed by atoms with Crippen molar-refractivity contribution in [3.63, 3.8) is 0 Å². The monoisotopic (exact) mass is 508 g/mol. The average molecular weight is 509 g/mol. The highest BCUT2D eigenvalue weighted by Gasteiger charge is 2.44. The molecule has 0 atom stereocenters. The number of aryl methyl sites for hydroxylation is 2. The molecule has 0 nitrogen and oxygen atoms in total. The van der Waals surface area contributed by atoms with Crippen LogP contribution in [0.4, 0.5) is 0 Å². The van der Waals surface area contributed by atoms with Crippen molar-refractivity contribution >= 4 is 0 Å². The number of hydrogen-bond acceptors (Lipinski definition) is 0. The molecule has 0 N–H and O–H groups in total. The second-order valence-corrected chi connectivity index (χ2v) is 11.3. The molecule has 0 heterocycles. The summed E-state index contributed by atoms with van der Waals surface area (Å²) in [7, 11) is 0. The topological polar surface area (TPSA) is 0 Å². The van der Waals surface area contributed by atoms with Crippen molar-refractivity contribution in [2.24, 2.45) is 0 Å². The van der Waals surface area contributed by atoms with Crippen LogP contribution in [0.5, 0.6) is 0 Å². The molecule has 196 valence electrons. The minimum atomic E-state index is -0.326. The minimum Gasteiger partial charge on any atom is -0.0804 e. The molecule has 0 heteroatoms. The molecule has 2 aliphatic rings. The molecular formula is C39H40. The maximum absolute atomic E-state index is 2.50. The van der Waals surface area contributed by atoms with E-state index in [0.717, 1.165) is 19.3 Å². The third-order valence-corrected chi connectivity index (χ3v) is 8.89. The van der Waals surface area contributed by atoms with Gasteiger partial charge in [0.25, 0.3) is 0 Å². The Bertz CT molecular complexity index is 1460. The van der Waals surface area contributed by atoms with E-state index in [1.54, 1.807) is 0 Å². The van der Waals surface area contributed by atoms with Gasteiger partial charge >= 0.3 is 0 Å². The van der Waals surface area contributed by atoms with Gasteiger partial charge in [-0.25, -0.2) is 0 Å². The second-order valence-electron chi connectivity index (χ2n) is 11.3. The van der Waals surface area contributed by atoms with Crippen LogP contribution in [-0.4, -0.2) is 0 Å². The molecular weight excluding hydrogens is 468 g/mol. The number of rotatable bonds is 10. The molecule has 0 bridgehead atoms. The van der Waals surface area contributed by atoms with E-state index in [1.165, 1.54) is 87.7 Å². The van der Waals surface area contributed by atoms with Gasteiger partial charge in [0.05, 0.1) is 5.41 Å². The van der Waals surface area contributed by atoms with Crippen LogP contribution in [0.3, 0.4) is 0 Å². The van der Waals surface area contributed by atoms with Crippen LogP contribution in [-0.2, 0) is 24.7 Å². The first-order valence-corrected chi connectivity index (χ1v) is 15.0. The predicted octanol–water partition coefficient (Wildman–Crippen LogP) is 10.2. The first-order chi connectivity index (χ1) is 19.3. The van der Waals surface area contributed by atoms with Gasteiger partial charge in [-0.15, -0.1) is 0 Å². The maximum atomic E-state index is 2.50. The summed E-state index contributed by atoms with van der Waals surface area (Å²) in [6.45, 7) is 4.60. The van der Waals surface area contributed by atoms with Crippen molar-refractivity contribution in [1.82, 2.24) is 0 Å². The summed E-state index contributed by atoms with van der Waals surface area (Å²) in [5.74, 6) is 0. The van der Waals surface area contributed by atoms with E-state index in [9.17, 15) is 0 Å². The van der Waals surface area contributed by atoms with Gasteiger partial charge in [-0.3, -0.25) is 0 Å². The number of unbranched alkanes of at least 4 members (excludes halogenated alkanes) is 2. The third-order valence-electron chi connectivity index (χ3n) is 8.89. The molecule has 0 radical (unpaired) electrons. The van der Waals surface area contributed by atoms with Gasteiger partial charge in [0, 0.05) is 0 Å². The van der Waals surface area contributed by atoms with E-state index in [4.69, 9.17) is 0 Å². The molecule has 4 aromatic rings. The van der Waals surface area contributed by atoms with Gasteiger partial charge in [-0.1, -0.05) is 136 Å². The molecule has 0 spiro atoms. The lowest BCUT2D eigenvalue weighted by Crippen LogP contribution is -2.34. The quantitative estimate of drug-likeness (QED) is 0.165. The highest BCUT2D eigenvalue weighted by atomic mass is 14.5. The van der Waals surface area contributed by atoms with Crippen molar-refractivity contribution in [3.8, 4) is 11.1 Å². The summed E-state index contributed by atoms with van der Waals surface area (Å²) in [4.78, 5) is 0. The van der Waals surface area contributed by atoms with Crippen molar-refractivity contribution in [2.75, 3.05) is 0 Å². The lowest BCUT2D eigenvalue weighted by atomic mass is 9.61. The Labute approximate surface area is 235 Å². The smallest absolute Gasteiger partial charge is 0.0673 e. The van der Waals surface area contributed by atoms with Crippen molar-refractivity contribution in [1.29, 1.82) is 0 Å². The summed E-state index contributed by atoms with van der Waals surface area (Å²) in [5, 5.41) is 0. The molecule has 2 aliphatic carbocycles. The van der Waals surface area contributed by atoms with E-state index in [1.807, 2.05) is 0 Å². The lowest BCUT2D eigenvalue weighted by molar-refractivity contribution is 0.682. The maximum Gasteiger partial charge on any atom is 0.0673 e. The lowest BCUT2D eigenvalue weighted by Gasteiger charge is -2.41. The zero-order chi connectivity index (χ0) is 26.7. The Kier molecular flexibility index (Phi) is 7.38. The van der Waals surface area contributed by atoms with E-state index >= 15 is 0 Å². The second kappa shape index (κ2) is 11.2. The molecule has 0 aliphatic heterocycles. The number of benzene rings is 4. The Morgan fingerprint density at radius 1 is 0.692 bits per heavy atom. The van der Waals surface area contributed by atoms with Crippen LogP contribution < -0.4 is 0 Å². The van der Waals surface area contributed by atoms with Crippen LogP contribution in [0.25, 0.3) is 11.1 Å². The molecule has 0 unspecified atom stereocenters. The zero-order valence-electron chi connectivity index (χ0n) is 23.5. The fraction of sp³-hybridized carbons (Fsp3) is 0.282. The molecule has 0 fully saturated rings. The summed E-state index contributed by atoms with van der Waals surface area (Å²) in [5.41, 5.74) is 14.3. The normalized spacial score (nSPS) is 13.8. The van der Waals surface area contributed by atoms with Crippen LogP contribution in [0.1, 0.15) is 84.9 Å². The first-order valence-electron chi connectivity index (χ1n) is 15.0. The van der Waals surface area contributed by atoms with Crippen molar-refractivity contribution in [3.05, 3.63) is 154 Å². The van der Waals surface area contributed by atoms with Gasteiger partial charge in [0.2, 0.25) is 0 Å². The number of allylic oxidation sites excluding steroid dienone is 4. The largest absolute Gasteiger partial charge is 0.0804 e. The Hall–Kier alpha value is -3.64. The fourth-order valence-corrected chi connectivity index (χ4v) is 7.05. The average Bonchev–Trinajstić information content (AvgIpc) is 3.65. The Balaban J connectivity index is 1.65. The van der Waals surface area contributed by atoms with Gasteiger partial charge in [-0.05, 0) is 94.2 Å². The van der Waals surface area contributed by atoms with E-state index < -0.39 is 0 Å². The molecule has 6 rings (SSSR count). The minimum absolute atomic E-state index is 0.326. The molecule has 0 saturated heterocycles. The Morgan fingerprint density at radius 3 is 2.00 bits per heavy atom. The number of fused-ring (bicyclic) bond motifs is 3. The van der Waals surface area contributed by atoms with Crippen LogP contribution >= 0.6 is 0 Å². The Morgan fingerprint density at radius 2 is 1.36 bits per heavy atom. The molecule has 0 aromatic heterocycles. The van der Waals surface area contributed by atoms with Crippen LogP contribution in [0.15, 0.2) is 115 Å². The molecule has 39 heavy (non-hydrogen) atoms.